The second-order valence-electron chi connectivity index (χ2n) is 5.76. The summed E-state index contributed by atoms with van der Waals surface area (Å²) < 4.78 is 0. The number of hydrogen-bond donors (Lipinski definition) is 1. The molecule has 0 aliphatic carbocycles. The van der Waals surface area contributed by atoms with Crippen LogP contribution in [0.15, 0.2) is 53.4 Å². The van der Waals surface area contributed by atoms with Crippen LogP contribution in [0, 0.1) is 0 Å². The van der Waals surface area contributed by atoms with Crippen LogP contribution in [0.5, 0.6) is 0 Å². The van der Waals surface area contributed by atoms with Gasteiger partial charge >= 0.3 is 6.03 Å². The highest BCUT2D eigenvalue weighted by Gasteiger charge is 2.10. The molecule has 0 spiro atoms. The van der Waals surface area contributed by atoms with Crippen LogP contribution in [0.25, 0.3) is 0 Å². The molecule has 0 unspecified atom stereocenters. The molecule has 132 valence electrons. The summed E-state index contributed by atoms with van der Waals surface area (Å²) in [4.78, 5) is 28.1. The van der Waals surface area contributed by atoms with E-state index in [1.165, 1.54) is 11.8 Å². The van der Waals surface area contributed by atoms with Gasteiger partial charge < -0.3 is 15.1 Å². The summed E-state index contributed by atoms with van der Waals surface area (Å²) >= 11 is 1.69. The lowest BCUT2D eigenvalue weighted by atomic mass is 10.2. The molecular weight excluding hydrogens is 334 g/mol. The second-order valence-corrected chi connectivity index (χ2v) is 6.64. The van der Waals surface area contributed by atoms with Gasteiger partial charge in [-0.2, -0.15) is 0 Å². The smallest absolute Gasteiger partial charge is 0.321 e. The maximum Gasteiger partial charge on any atom is 0.321 e. The van der Waals surface area contributed by atoms with Crippen LogP contribution in [-0.4, -0.2) is 37.2 Å². The minimum Gasteiger partial charge on any atom is -0.323 e. The van der Waals surface area contributed by atoms with Crippen molar-refractivity contribution in [3.05, 3.63) is 54.1 Å². The minimum absolute atomic E-state index is 0.0380. The standard InChI is InChI=1S/C19H23N3O2S/c1-14(23)22(3)17-9-7-16(8-10-17)20-19(24)21(2)13-15-5-11-18(25-4)12-6-15/h5-12H,13H2,1-4H3,(H,20,24). The molecule has 0 aliphatic heterocycles. The number of benzene rings is 2. The van der Waals surface area contributed by atoms with E-state index in [1.807, 2.05) is 18.4 Å². The van der Waals surface area contributed by atoms with Crippen molar-refractivity contribution in [1.82, 2.24) is 4.90 Å². The van der Waals surface area contributed by atoms with Crippen molar-refractivity contribution in [3.8, 4) is 0 Å². The average Bonchev–Trinajstić information content (AvgIpc) is 2.62. The predicted octanol–water partition coefficient (Wildman–Crippen LogP) is 4.06. The van der Waals surface area contributed by atoms with Crippen LogP contribution in [-0.2, 0) is 11.3 Å². The first-order valence-corrected chi connectivity index (χ1v) is 9.12. The summed E-state index contributed by atoms with van der Waals surface area (Å²) in [7, 11) is 3.47. The van der Waals surface area contributed by atoms with Crippen molar-refractivity contribution in [2.45, 2.75) is 18.4 Å². The lowest BCUT2D eigenvalue weighted by molar-refractivity contribution is -0.116. The van der Waals surface area contributed by atoms with Crippen LogP contribution in [0.1, 0.15) is 12.5 Å². The first kappa shape index (κ1) is 18.9. The SMILES string of the molecule is CSc1ccc(CN(C)C(=O)Nc2ccc(N(C)C(C)=O)cc2)cc1. The van der Waals surface area contributed by atoms with Gasteiger partial charge in [0.1, 0.15) is 0 Å². The number of hydrogen-bond acceptors (Lipinski definition) is 3. The molecule has 2 aromatic rings. The molecule has 0 radical (unpaired) electrons. The zero-order valence-electron chi connectivity index (χ0n) is 14.9. The van der Waals surface area contributed by atoms with Gasteiger partial charge in [0.05, 0.1) is 0 Å². The number of nitrogens with zero attached hydrogens (tertiary/aromatic N) is 2. The first-order chi connectivity index (χ1) is 11.9. The fourth-order valence-electron chi connectivity index (χ4n) is 2.25. The van der Waals surface area contributed by atoms with E-state index < -0.39 is 0 Å². The third-order valence-corrected chi connectivity index (χ3v) is 4.65. The van der Waals surface area contributed by atoms with E-state index in [1.54, 1.807) is 59.9 Å². The molecule has 0 aromatic heterocycles. The Morgan fingerprint density at radius 2 is 1.60 bits per heavy atom. The molecule has 0 atom stereocenters. The van der Waals surface area contributed by atoms with E-state index in [2.05, 4.69) is 17.4 Å². The minimum atomic E-state index is -0.179. The molecule has 2 aromatic carbocycles. The summed E-state index contributed by atoms with van der Waals surface area (Å²) in [6.45, 7) is 2.04. The van der Waals surface area contributed by atoms with E-state index in [-0.39, 0.29) is 11.9 Å². The monoisotopic (exact) mass is 357 g/mol. The summed E-state index contributed by atoms with van der Waals surface area (Å²) in [6.07, 6.45) is 2.04. The number of carbonyl (C=O) groups is 2. The molecular formula is C19H23N3O2S. The maximum atomic E-state index is 12.3. The van der Waals surface area contributed by atoms with Crippen molar-refractivity contribution in [1.29, 1.82) is 0 Å². The highest BCUT2D eigenvalue weighted by Crippen LogP contribution is 2.18. The number of nitrogens with one attached hydrogen (secondary N) is 1. The molecule has 0 saturated carbocycles. The molecule has 0 saturated heterocycles. The molecule has 6 heteroatoms. The van der Waals surface area contributed by atoms with Crippen molar-refractivity contribution >= 4 is 35.1 Å². The van der Waals surface area contributed by atoms with Crippen LogP contribution >= 0.6 is 11.8 Å². The second kappa shape index (κ2) is 8.58. The topological polar surface area (TPSA) is 52.7 Å². The van der Waals surface area contributed by atoms with Gasteiger partial charge in [-0.25, -0.2) is 4.79 Å². The Morgan fingerprint density at radius 3 is 2.12 bits per heavy atom. The van der Waals surface area contributed by atoms with Crippen molar-refractivity contribution in [2.75, 3.05) is 30.6 Å². The Labute approximate surface area is 153 Å². The normalized spacial score (nSPS) is 10.2. The number of urea groups is 1. The quantitative estimate of drug-likeness (QED) is 0.821. The van der Waals surface area contributed by atoms with Gasteiger partial charge in [-0.15, -0.1) is 11.8 Å². The van der Waals surface area contributed by atoms with E-state index in [0.29, 0.717) is 12.2 Å². The van der Waals surface area contributed by atoms with E-state index in [4.69, 9.17) is 0 Å². The van der Waals surface area contributed by atoms with Gasteiger partial charge in [-0.3, -0.25) is 4.79 Å². The fraction of sp³-hybridized carbons (Fsp3) is 0.263. The number of thioether (sulfide) groups is 1. The molecule has 0 heterocycles. The molecule has 25 heavy (non-hydrogen) atoms. The summed E-state index contributed by atoms with van der Waals surface area (Å²) in [6, 6.07) is 15.2. The van der Waals surface area contributed by atoms with Gasteiger partial charge in [0, 0.05) is 43.8 Å². The predicted molar refractivity (Wildman–Crippen MR) is 104 cm³/mol. The number of carbonyl (C=O) groups excluding carboxylic acids is 2. The molecule has 0 fully saturated rings. The van der Waals surface area contributed by atoms with Gasteiger partial charge in [0.25, 0.3) is 0 Å². The van der Waals surface area contributed by atoms with Crippen molar-refractivity contribution < 1.29 is 9.59 Å². The fourth-order valence-corrected chi connectivity index (χ4v) is 2.65. The number of anilines is 2. The van der Waals surface area contributed by atoms with Crippen LogP contribution < -0.4 is 10.2 Å². The van der Waals surface area contributed by atoms with E-state index in [0.717, 1.165) is 11.3 Å². The Balaban J connectivity index is 1.94. The molecule has 1 N–H and O–H groups in total. The third kappa shape index (κ3) is 5.26. The van der Waals surface area contributed by atoms with E-state index in [9.17, 15) is 9.59 Å². The van der Waals surface area contributed by atoms with Gasteiger partial charge in [0.15, 0.2) is 0 Å². The summed E-state index contributed by atoms with van der Waals surface area (Å²) in [5.74, 6) is -0.0380. The number of amides is 3. The van der Waals surface area contributed by atoms with E-state index >= 15 is 0 Å². The Bertz CT molecular complexity index is 729. The Kier molecular flexibility index (Phi) is 6.47. The summed E-state index contributed by atoms with van der Waals surface area (Å²) in [5.41, 5.74) is 2.55. The highest BCUT2D eigenvalue weighted by atomic mass is 32.2. The van der Waals surface area contributed by atoms with Gasteiger partial charge in [0.2, 0.25) is 5.91 Å². The van der Waals surface area contributed by atoms with Crippen LogP contribution in [0.4, 0.5) is 16.2 Å². The molecule has 3 amide bonds. The molecule has 0 aliphatic rings. The lowest BCUT2D eigenvalue weighted by Crippen LogP contribution is -2.30. The largest absolute Gasteiger partial charge is 0.323 e. The van der Waals surface area contributed by atoms with Crippen molar-refractivity contribution in [2.24, 2.45) is 0 Å². The lowest BCUT2D eigenvalue weighted by Gasteiger charge is -2.19. The molecule has 2 rings (SSSR count). The van der Waals surface area contributed by atoms with Crippen molar-refractivity contribution in [3.63, 3.8) is 0 Å². The molecule has 0 bridgehead atoms. The summed E-state index contributed by atoms with van der Waals surface area (Å²) in [5, 5.41) is 2.86. The Hall–Kier alpha value is -2.47. The average molecular weight is 357 g/mol. The zero-order valence-corrected chi connectivity index (χ0v) is 15.8. The third-order valence-electron chi connectivity index (χ3n) is 3.90. The van der Waals surface area contributed by atoms with Gasteiger partial charge in [-0.05, 0) is 48.2 Å². The van der Waals surface area contributed by atoms with Crippen LogP contribution in [0.2, 0.25) is 0 Å². The molecule has 5 nitrogen and oxygen atoms in total. The Morgan fingerprint density at radius 1 is 1.00 bits per heavy atom. The maximum absolute atomic E-state index is 12.3. The van der Waals surface area contributed by atoms with Gasteiger partial charge in [-0.1, -0.05) is 12.1 Å². The zero-order chi connectivity index (χ0) is 18.4. The first-order valence-electron chi connectivity index (χ1n) is 7.90. The number of rotatable bonds is 5. The van der Waals surface area contributed by atoms with Crippen LogP contribution in [0.3, 0.4) is 0 Å². The highest BCUT2D eigenvalue weighted by molar-refractivity contribution is 7.98.